The van der Waals surface area contributed by atoms with Crippen LogP contribution in [0.4, 0.5) is 11.4 Å². The fourth-order valence-electron chi connectivity index (χ4n) is 3.12. The molecule has 1 atom stereocenters. The van der Waals surface area contributed by atoms with Gasteiger partial charge in [0.15, 0.2) is 0 Å². The van der Waals surface area contributed by atoms with E-state index in [1.807, 2.05) is 0 Å². The molecule has 1 aliphatic rings. The van der Waals surface area contributed by atoms with Crippen LogP contribution in [-0.2, 0) is 9.53 Å². The Hall–Kier alpha value is -3.39. The number of anilines is 2. The molecule has 1 heterocycles. The van der Waals surface area contributed by atoms with Crippen LogP contribution in [0.15, 0.2) is 48.5 Å². The molecule has 3 rings (SSSR count). The largest absolute Gasteiger partial charge is 0.376 e. The number of nitrogens with one attached hydrogen (secondary N) is 4. The molecular formula is C22H26N4O4. The van der Waals surface area contributed by atoms with Crippen LogP contribution in [0.5, 0.6) is 0 Å². The molecule has 0 aromatic heterocycles. The predicted molar refractivity (Wildman–Crippen MR) is 115 cm³/mol. The summed E-state index contributed by atoms with van der Waals surface area (Å²) >= 11 is 0. The maximum absolute atomic E-state index is 12.2. The van der Waals surface area contributed by atoms with Crippen LogP contribution in [0.2, 0.25) is 0 Å². The molecular weight excluding hydrogens is 384 g/mol. The van der Waals surface area contributed by atoms with Gasteiger partial charge in [-0.05, 0) is 55.3 Å². The molecule has 0 aliphatic carbocycles. The van der Waals surface area contributed by atoms with Gasteiger partial charge in [-0.2, -0.15) is 0 Å². The smallest absolute Gasteiger partial charge is 0.251 e. The lowest BCUT2D eigenvalue weighted by Crippen LogP contribution is -2.31. The molecule has 2 aromatic carbocycles. The van der Waals surface area contributed by atoms with E-state index in [-0.39, 0.29) is 30.4 Å². The summed E-state index contributed by atoms with van der Waals surface area (Å²) in [6.07, 6.45) is 2.09. The minimum absolute atomic E-state index is 0.0425. The first-order valence-corrected chi connectivity index (χ1v) is 9.91. The topological polar surface area (TPSA) is 109 Å². The molecule has 158 valence electrons. The predicted octanol–water partition coefficient (Wildman–Crippen LogP) is 2.01. The van der Waals surface area contributed by atoms with Crippen molar-refractivity contribution in [1.29, 1.82) is 0 Å². The van der Waals surface area contributed by atoms with Gasteiger partial charge in [0, 0.05) is 42.7 Å². The summed E-state index contributed by atoms with van der Waals surface area (Å²) < 4.78 is 5.49. The first kappa shape index (κ1) is 21.3. The van der Waals surface area contributed by atoms with E-state index in [1.54, 1.807) is 55.6 Å². The second-order valence-corrected chi connectivity index (χ2v) is 6.98. The molecule has 1 unspecified atom stereocenters. The normalized spacial score (nSPS) is 15.3. The van der Waals surface area contributed by atoms with Crippen molar-refractivity contribution in [3.63, 3.8) is 0 Å². The Balaban J connectivity index is 1.46. The Kier molecular flexibility index (Phi) is 7.40. The van der Waals surface area contributed by atoms with Crippen molar-refractivity contribution in [1.82, 2.24) is 10.6 Å². The molecule has 2 aromatic rings. The van der Waals surface area contributed by atoms with E-state index in [0.29, 0.717) is 29.0 Å². The number of carbonyl (C=O) groups is 3. The van der Waals surface area contributed by atoms with Gasteiger partial charge in [0.05, 0.1) is 12.6 Å². The number of benzene rings is 2. The van der Waals surface area contributed by atoms with E-state index in [1.165, 1.54) is 0 Å². The molecule has 1 saturated heterocycles. The molecule has 1 fully saturated rings. The summed E-state index contributed by atoms with van der Waals surface area (Å²) in [6.45, 7) is 1.30. The third kappa shape index (κ3) is 6.05. The molecule has 3 amide bonds. The fourth-order valence-corrected chi connectivity index (χ4v) is 3.12. The van der Waals surface area contributed by atoms with Gasteiger partial charge >= 0.3 is 0 Å². The average molecular weight is 410 g/mol. The first-order chi connectivity index (χ1) is 14.5. The Morgan fingerprint density at radius 1 is 1.00 bits per heavy atom. The SMILES string of the molecule is CNC(=O)c1cccc(NCC(=O)Nc2ccc(C(=O)NCC3CCCO3)cc2)c1. The number of hydrogen-bond acceptors (Lipinski definition) is 5. The maximum Gasteiger partial charge on any atom is 0.251 e. The highest BCUT2D eigenvalue weighted by atomic mass is 16.5. The lowest BCUT2D eigenvalue weighted by molar-refractivity contribution is -0.114. The molecule has 8 nitrogen and oxygen atoms in total. The lowest BCUT2D eigenvalue weighted by atomic mass is 10.2. The number of carbonyl (C=O) groups excluding carboxylic acids is 3. The van der Waals surface area contributed by atoms with E-state index < -0.39 is 0 Å². The summed E-state index contributed by atoms with van der Waals surface area (Å²) in [6, 6.07) is 13.6. The Bertz CT molecular complexity index is 892. The van der Waals surface area contributed by atoms with Gasteiger partial charge in [0.25, 0.3) is 11.8 Å². The second-order valence-electron chi connectivity index (χ2n) is 6.98. The van der Waals surface area contributed by atoms with Crippen LogP contribution in [0.1, 0.15) is 33.6 Å². The third-order valence-corrected chi connectivity index (χ3v) is 4.75. The van der Waals surface area contributed by atoms with Crippen LogP contribution < -0.4 is 21.3 Å². The minimum Gasteiger partial charge on any atom is -0.376 e. The van der Waals surface area contributed by atoms with Gasteiger partial charge in [0.1, 0.15) is 0 Å². The van der Waals surface area contributed by atoms with Crippen LogP contribution in [0.3, 0.4) is 0 Å². The number of ether oxygens (including phenoxy) is 1. The highest BCUT2D eigenvalue weighted by molar-refractivity contribution is 5.97. The van der Waals surface area contributed by atoms with Crippen molar-refractivity contribution < 1.29 is 19.1 Å². The van der Waals surface area contributed by atoms with Crippen LogP contribution in [0, 0.1) is 0 Å². The summed E-state index contributed by atoms with van der Waals surface area (Å²) in [7, 11) is 1.56. The van der Waals surface area contributed by atoms with E-state index in [4.69, 9.17) is 4.74 Å². The summed E-state index contributed by atoms with van der Waals surface area (Å²) in [5.41, 5.74) is 2.30. The quantitative estimate of drug-likeness (QED) is 0.532. The number of rotatable bonds is 8. The van der Waals surface area contributed by atoms with E-state index in [9.17, 15) is 14.4 Å². The Morgan fingerprint density at radius 2 is 1.80 bits per heavy atom. The molecule has 0 bridgehead atoms. The molecule has 0 spiro atoms. The molecule has 1 aliphatic heterocycles. The third-order valence-electron chi connectivity index (χ3n) is 4.75. The maximum atomic E-state index is 12.2. The van der Waals surface area contributed by atoms with Crippen LogP contribution in [0.25, 0.3) is 0 Å². The van der Waals surface area contributed by atoms with Crippen molar-refractivity contribution in [3.8, 4) is 0 Å². The number of amides is 3. The van der Waals surface area contributed by atoms with Gasteiger partial charge in [-0.15, -0.1) is 0 Å². The lowest BCUT2D eigenvalue weighted by Gasteiger charge is -2.11. The van der Waals surface area contributed by atoms with Crippen molar-refractivity contribution >= 4 is 29.1 Å². The fraction of sp³-hybridized carbons (Fsp3) is 0.318. The molecule has 0 saturated carbocycles. The van der Waals surface area contributed by atoms with Gasteiger partial charge < -0.3 is 26.0 Å². The number of hydrogen-bond donors (Lipinski definition) is 4. The van der Waals surface area contributed by atoms with Crippen LogP contribution in [-0.4, -0.2) is 50.6 Å². The Labute approximate surface area is 175 Å². The van der Waals surface area contributed by atoms with E-state index >= 15 is 0 Å². The van der Waals surface area contributed by atoms with Gasteiger partial charge in [0.2, 0.25) is 5.91 Å². The van der Waals surface area contributed by atoms with Gasteiger partial charge in [-0.25, -0.2) is 0 Å². The minimum atomic E-state index is -0.240. The first-order valence-electron chi connectivity index (χ1n) is 9.91. The second kappa shape index (κ2) is 10.4. The molecule has 0 radical (unpaired) electrons. The van der Waals surface area contributed by atoms with Crippen LogP contribution >= 0.6 is 0 Å². The summed E-state index contributed by atoms with van der Waals surface area (Å²) in [5, 5.41) is 11.2. The molecule has 4 N–H and O–H groups in total. The van der Waals surface area contributed by atoms with Crippen molar-refractivity contribution in [2.45, 2.75) is 18.9 Å². The molecule has 30 heavy (non-hydrogen) atoms. The zero-order valence-electron chi connectivity index (χ0n) is 16.9. The zero-order chi connectivity index (χ0) is 21.3. The summed E-state index contributed by atoms with van der Waals surface area (Å²) in [5.74, 6) is -0.597. The Morgan fingerprint density at radius 3 is 2.50 bits per heavy atom. The highest BCUT2D eigenvalue weighted by Gasteiger charge is 2.16. The summed E-state index contributed by atoms with van der Waals surface area (Å²) in [4.78, 5) is 36.1. The van der Waals surface area contributed by atoms with Crippen molar-refractivity contribution in [3.05, 3.63) is 59.7 Å². The molecule has 8 heteroatoms. The average Bonchev–Trinajstić information content (AvgIpc) is 3.30. The van der Waals surface area contributed by atoms with Gasteiger partial charge in [-0.1, -0.05) is 6.07 Å². The highest BCUT2D eigenvalue weighted by Crippen LogP contribution is 2.13. The van der Waals surface area contributed by atoms with E-state index in [2.05, 4.69) is 21.3 Å². The van der Waals surface area contributed by atoms with E-state index in [0.717, 1.165) is 19.4 Å². The van der Waals surface area contributed by atoms with Gasteiger partial charge in [-0.3, -0.25) is 14.4 Å². The standard InChI is InChI=1S/C22H26N4O4/c1-23-21(28)16-4-2-5-18(12-16)24-14-20(27)26-17-9-7-15(8-10-17)22(29)25-13-19-6-3-11-30-19/h2,4-5,7-10,12,19,24H,3,6,11,13-14H2,1H3,(H,23,28)(H,25,29)(H,26,27). The monoisotopic (exact) mass is 410 g/mol. The zero-order valence-corrected chi connectivity index (χ0v) is 16.9. The van der Waals surface area contributed by atoms with Crippen molar-refractivity contribution in [2.75, 3.05) is 37.4 Å². The van der Waals surface area contributed by atoms with Crippen molar-refractivity contribution in [2.24, 2.45) is 0 Å².